The van der Waals surface area contributed by atoms with Gasteiger partial charge in [0.2, 0.25) is 0 Å². The van der Waals surface area contributed by atoms with Crippen LogP contribution < -0.4 is 0 Å². The van der Waals surface area contributed by atoms with E-state index in [0.717, 1.165) is 22.0 Å². The Labute approximate surface area is 99.5 Å². The van der Waals surface area contributed by atoms with Gasteiger partial charge in [-0.05, 0) is 23.3 Å². The average Bonchev–Trinajstić information content (AvgIpc) is 2.87. The van der Waals surface area contributed by atoms with Crippen LogP contribution in [-0.2, 0) is 0 Å². The fraction of sp³-hybridized carbons (Fsp3) is 0.0667. The summed E-state index contributed by atoms with van der Waals surface area (Å²) >= 11 is 0. The molecule has 0 fully saturated rings. The second kappa shape index (κ2) is 4.07. The minimum Gasteiger partial charge on any atom is -0.384 e. The molecule has 3 rings (SSSR count). The second-order valence-electron chi connectivity index (χ2n) is 4.10. The van der Waals surface area contributed by atoms with Gasteiger partial charge in [-0.2, -0.15) is 0 Å². The molecule has 1 unspecified atom stereocenters. The van der Waals surface area contributed by atoms with Crippen molar-refractivity contribution in [2.24, 2.45) is 0 Å². The maximum atomic E-state index is 10.4. The van der Waals surface area contributed by atoms with E-state index in [1.165, 1.54) is 0 Å². The standard InChI is InChI=1S/C15H13NO/c17-15(11-5-2-1-3-6-11)13-7-4-8-14-12(13)9-10-16-14/h1-10,15-17H. The zero-order chi connectivity index (χ0) is 11.7. The van der Waals surface area contributed by atoms with Crippen molar-refractivity contribution in [1.82, 2.24) is 4.98 Å². The third-order valence-electron chi connectivity index (χ3n) is 3.04. The normalized spacial score (nSPS) is 12.8. The van der Waals surface area contributed by atoms with Crippen molar-refractivity contribution in [3.63, 3.8) is 0 Å². The smallest absolute Gasteiger partial charge is 0.105 e. The molecule has 17 heavy (non-hydrogen) atoms. The molecule has 0 aliphatic rings. The molecule has 0 saturated carbocycles. The minimum absolute atomic E-state index is 0.573. The van der Waals surface area contributed by atoms with Gasteiger partial charge in [0.15, 0.2) is 0 Å². The molecular weight excluding hydrogens is 210 g/mol. The first-order chi connectivity index (χ1) is 8.36. The maximum absolute atomic E-state index is 10.4. The van der Waals surface area contributed by atoms with Crippen LogP contribution in [0, 0.1) is 0 Å². The summed E-state index contributed by atoms with van der Waals surface area (Å²) < 4.78 is 0. The van der Waals surface area contributed by atoms with Gasteiger partial charge in [-0.25, -0.2) is 0 Å². The Balaban J connectivity index is 2.13. The quantitative estimate of drug-likeness (QED) is 0.687. The predicted octanol–water partition coefficient (Wildman–Crippen LogP) is 3.25. The van der Waals surface area contributed by atoms with E-state index >= 15 is 0 Å². The molecule has 2 N–H and O–H groups in total. The summed E-state index contributed by atoms with van der Waals surface area (Å²) in [5, 5.41) is 11.5. The highest BCUT2D eigenvalue weighted by Crippen LogP contribution is 2.28. The highest BCUT2D eigenvalue weighted by atomic mass is 16.3. The van der Waals surface area contributed by atoms with Gasteiger partial charge in [-0.3, -0.25) is 0 Å². The minimum atomic E-state index is -0.573. The summed E-state index contributed by atoms with van der Waals surface area (Å²) in [7, 11) is 0. The van der Waals surface area contributed by atoms with Crippen LogP contribution in [0.1, 0.15) is 17.2 Å². The predicted molar refractivity (Wildman–Crippen MR) is 68.8 cm³/mol. The summed E-state index contributed by atoms with van der Waals surface area (Å²) in [5.41, 5.74) is 2.91. The van der Waals surface area contributed by atoms with E-state index < -0.39 is 6.10 Å². The van der Waals surface area contributed by atoms with Crippen molar-refractivity contribution in [3.8, 4) is 0 Å². The van der Waals surface area contributed by atoms with E-state index in [-0.39, 0.29) is 0 Å². The monoisotopic (exact) mass is 223 g/mol. The Kier molecular flexibility index (Phi) is 2.42. The van der Waals surface area contributed by atoms with E-state index in [4.69, 9.17) is 0 Å². The number of hydrogen-bond donors (Lipinski definition) is 2. The van der Waals surface area contributed by atoms with Crippen LogP contribution in [0.2, 0.25) is 0 Å². The van der Waals surface area contributed by atoms with Gasteiger partial charge in [-0.1, -0.05) is 42.5 Å². The van der Waals surface area contributed by atoms with Gasteiger partial charge in [0.1, 0.15) is 6.10 Å². The van der Waals surface area contributed by atoms with Crippen molar-refractivity contribution in [2.45, 2.75) is 6.10 Å². The van der Waals surface area contributed by atoms with Crippen LogP contribution in [0.5, 0.6) is 0 Å². The van der Waals surface area contributed by atoms with Crippen molar-refractivity contribution in [2.75, 3.05) is 0 Å². The third-order valence-corrected chi connectivity index (χ3v) is 3.04. The first-order valence-corrected chi connectivity index (χ1v) is 5.65. The lowest BCUT2D eigenvalue weighted by Gasteiger charge is -2.12. The number of aliphatic hydroxyl groups is 1. The van der Waals surface area contributed by atoms with Gasteiger partial charge >= 0.3 is 0 Å². The maximum Gasteiger partial charge on any atom is 0.105 e. The molecule has 1 aromatic heterocycles. The van der Waals surface area contributed by atoms with Crippen LogP contribution in [-0.4, -0.2) is 10.1 Å². The van der Waals surface area contributed by atoms with Crippen LogP contribution >= 0.6 is 0 Å². The van der Waals surface area contributed by atoms with E-state index in [1.807, 2.05) is 60.8 Å². The molecule has 2 nitrogen and oxygen atoms in total. The molecule has 2 aromatic carbocycles. The lowest BCUT2D eigenvalue weighted by molar-refractivity contribution is 0.222. The molecule has 0 spiro atoms. The largest absolute Gasteiger partial charge is 0.384 e. The zero-order valence-electron chi connectivity index (χ0n) is 9.30. The Bertz CT molecular complexity index is 627. The van der Waals surface area contributed by atoms with Crippen molar-refractivity contribution in [3.05, 3.63) is 71.9 Å². The number of benzene rings is 2. The van der Waals surface area contributed by atoms with E-state index in [2.05, 4.69) is 4.98 Å². The molecule has 3 aromatic rings. The Hall–Kier alpha value is -2.06. The lowest BCUT2D eigenvalue weighted by atomic mass is 9.99. The molecule has 2 heteroatoms. The van der Waals surface area contributed by atoms with Gasteiger partial charge in [0, 0.05) is 17.1 Å². The SMILES string of the molecule is OC(c1ccccc1)c1cccc2[nH]ccc12. The number of fused-ring (bicyclic) bond motifs is 1. The Morgan fingerprint density at radius 2 is 1.71 bits per heavy atom. The number of rotatable bonds is 2. The van der Waals surface area contributed by atoms with Crippen molar-refractivity contribution < 1.29 is 5.11 Å². The first kappa shape index (κ1) is 10.1. The van der Waals surface area contributed by atoms with Crippen LogP contribution in [0.25, 0.3) is 10.9 Å². The fourth-order valence-electron chi connectivity index (χ4n) is 2.16. The van der Waals surface area contributed by atoms with E-state index in [1.54, 1.807) is 0 Å². The van der Waals surface area contributed by atoms with Gasteiger partial charge in [0.25, 0.3) is 0 Å². The Morgan fingerprint density at radius 3 is 2.53 bits per heavy atom. The molecule has 1 atom stereocenters. The molecule has 0 aliphatic carbocycles. The number of aromatic amines is 1. The lowest BCUT2D eigenvalue weighted by Crippen LogP contribution is -1.99. The summed E-state index contributed by atoms with van der Waals surface area (Å²) in [5.74, 6) is 0. The Morgan fingerprint density at radius 1 is 0.882 bits per heavy atom. The van der Waals surface area contributed by atoms with Crippen molar-refractivity contribution in [1.29, 1.82) is 0 Å². The van der Waals surface area contributed by atoms with E-state index in [0.29, 0.717) is 0 Å². The molecule has 0 saturated heterocycles. The van der Waals surface area contributed by atoms with Crippen molar-refractivity contribution >= 4 is 10.9 Å². The molecule has 84 valence electrons. The average molecular weight is 223 g/mol. The van der Waals surface area contributed by atoms with Crippen LogP contribution in [0.4, 0.5) is 0 Å². The molecule has 0 radical (unpaired) electrons. The summed E-state index contributed by atoms with van der Waals surface area (Å²) in [4.78, 5) is 3.16. The molecule has 0 aliphatic heterocycles. The summed E-state index contributed by atoms with van der Waals surface area (Å²) in [6.45, 7) is 0. The molecule has 0 bridgehead atoms. The molecule has 1 heterocycles. The number of aliphatic hydroxyl groups excluding tert-OH is 1. The molecule has 0 amide bonds. The zero-order valence-corrected chi connectivity index (χ0v) is 9.30. The fourth-order valence-corrected chi connectivity index (χ4v) is 2.16. The van der Waals surface area contributed by atoms with Gasteiger partial charge < -0.3 is 10.1 Å². The van der Waals surface area contributed by atoms with Crippen LogP contribution in [0.15, 0.2) is 60.8 Å². The summed E-state index contributed by atoms with van der Waals surface area (Å²) in [6, 6.07) is 17.6. The number of nitrogens with one attached hydrogen (secondary N) is 1. The van der Waals surface area contributed by atoms with Gasteiger partial charge in [-0.15, -0.1) is 0 Å². The van der Waals surface area contributed by atoms with Crippen LogP contribution in [0.3, 0.4) is 0 Å². The number of aromatic nitrogens is 1. The van der Waals surface area contributed by atoms with Gasteiger partial charge in [0.05, 0.1) is 0 Å². The number of hydrogen-bond acceptors (Lipinski definition) is 1. The summed E-state index contributed by atoms with van der Waals surface area (Å²) in [6.07, 6.45) is 1.32. The first-order valence-electron chi connectivity index (χ1n) is 5.65. The third kappa shape index (κ3) is 1.73. The molecular formula is C15H13NO. The second-order valence-corrected chi connectivity index (χ2v) is 4.10. The topological polar surface area (TPSA) is 36.0 Å². The highest BCUT2D eigenvalue weighted by molar-refractivity contribution is 5.83. The number of H-pyrrole nitrogens is 1. The van der Waals surface area contributed by atoms with E-state index in [9.17, 15) is 5.11 Å². The highest BCUT2D eigenvalue weighted by Gasteiger charge is 2.12.